The average molecular weight is 222 g/mol. The molecular weight excluding hydrogens is 200 g/mol. The van der Waals surface area contributed by atoms with E-state index in [1.807, 2.05) is 0 Å². The van der Waals surface area contributed by atoms with Crippen molar-refractivity contribution < 1.29 is 9.84 Å². The van der Waals surface area contributed by atoms with Crippen molar-refractivity contribution in [3.63, 3.8) is 0 Å². The highest BCUT2D eigenvalue weighted by Crippen LogP contribution is 2.42. The van der Waals surface area contributed by atoms with Crippen LogP contribution in [0.3, 0.4) is 0 Å². The highest BCUT2D eigenvalue weighted by Gasteiger charge is 2.27. The summed E-state index contributed by atoms with van der Waals surface area (Å²) >= 11 is 0. The molecule has 0 aliphatic heterocycles. The smallest absolute Gasteiger partial charge is 0.0994 e. The second-order valence-electron chi connectivity index (χ2n) is 4.85. The lowest BCUT2D eigenvalue weighted by Gasteiger charge is -2.26. The second-order valence-corrected chi connectivity index (χ2v) is 4.85. The van der Waals surface area contributed by atoms with Gasteiger partial charge in [0.05, 0.1) is 12.9 Å². The van der Waals surface area contributed by atoms with Gasteiger partial charge in [-0.1, -0.05) is 18.1 Å². The normalized spacial score (nSPS) is 22.4. The Morgan fingerprint density at radius 3 is 2.50 bits per heavy atom. The Morgan fingerprint density at radius 1 is 1.25 bits per heavy atom. The van der Waals surface area contributed by atoms with Crippen LogP contribution in [0.15, 0.2) is 22.5 Å². The van der Waals surface area contributed by atoms with Crippen LogP contribution in [-0.2, 0) is 4.74 Å². The van der Waals surface area contributed by atoms with Gasteiger partial charge in [-0.15, -0.1) is 0 Å². The fraction of sp³-hybridized carbons (Fsp3) is 0.714. The zero-order valence-electron chi connectivity index (χ0n) is 10.4. The van der Waals surface area contributed by atoms with Gasteiger partial charge in [-0.2, -0.15) is 0 Å². The molecule has 0 radical (unpaired) electrons. The summed E-state index contributed by atoms with van der Waals surface area (Å²) in [5, 5.41) is 9.43. The van der Waals surface area contributed by atoms with E-state index in [-0.39, 0.29) is 6.61 Å². The van der Waals surface area contributed by atoms with Gasteiger partial charge in [0.2, 0.25) is 0 Å². The zero-order valence-corrected chi connectivity index (χ0v) is 10.4. The van der Waals surface area contributed by atoms with Gasteiger partial charge in [0.15, 0.2) is 0 Å². The molecule has 1 N–H and O–H groups in total. The molecule has 0 heterocycles. The molecule has 0 saturated carbocycles. The molecule has 0 saturated heterocycles. The van der Waals surface area contributed by atoms with E-state index in [4.69, 9.17) is 4.74 Å². The van der Waals surface area contributed by atoms with E-state index in [9.17, 15) is 5.11 Å². The van der Waals surface area contributed by atoms with E-state index < -0.39 is 0 Å². The maximum Gasteiger partial charge on any atom is 0.0994 e. The Balaban J connectivity index is 2.20. The van der Waals surface area contributed by atoms with Gasteiger partial charge >= 0.3 is 0 Å². The van der Waals surface area contributed by atoms with Crippen molar-refractivity contribution >= 4 is 0 Å². The van der Waals surface area contributed by atoms with Crippen LogP contribution in [0.4, 0.5) is 0 Å². The minimum atomic E-state index is 0.251. The van der Waals surface area contributed by atoms with Gasteiger partial charge in [0, 0.05) is 18.9 Å². The highest BCUT2D eigenvalue weighted by molar-refractivity contribution is 5.35. The van der Waals surface area contributed by atoms with E-state index in [2.05, 4.69) is 6.92 Å². The molecule has 1 atom stereocenters. The highest BCUT2D eigenvalue weighted by atomic mass is 16.5. The van der Waals surface area contributed by atoms with E-state index in [1.54, 1.807) is 18.3 Å². The largest absolute Gasteiger partial charge is 0.501 e. The molecule has 90 valence electrons. The minimum absolute atomic E-state index is 0.251. The number of ether oxygens (including phenoxy) is 1. The van der Waals surface area contributed by atoms with Crippen LogP contribution in [0.2, 0.25) is 0 Å². The summed E-state index contributed by atoms with van der Waals surface area (Å²) in [5.41, 5.74) is 4.59. The SMILES string of the molecule is CC[C@H](CO)C1=C(OC)CC2=C(CCC2)C1. The van der Waals surface area contributed by atoms with Gasteiger partial charge in [-0.25, -0.2) is 0 Å². The topological polar surface area (TPSA) is 29.5 Å². The Morgan fingerprint density at radius 2 is 1.94 bits per heavy atom. The van der Waals surface area contributed by atoms with Crippen LogP contribution >= 0.6 is 0 Å². The summed E-state index contributed by atoms with van der Waals surface area (Å²) < 4.78 is 5.53. The molecule has 2 nitrogen and oxygen atoms in total. The van der Waals surface area contributed by atoms with E-state index in [1.165, 1.54) is 24.8 Å². The fourth-order valence-electron chi connectivity index (χ4n) is 2.99. The lowest BCUT2D eigenvalue weighted by atomic mass is 9.84. The van der Waals surface area contributed by atoms with E-state index >= 15 is 0 Å². The predicted molar refractivity (Wildman–Crippen MR) is 65.0 cm³/mol. The van der Waals surface area contributed by atoms with Gasteiger partial charge in [-0.3, -0.25) is 0 Å². The van der Waals surface area contributed by atoms with Crippen LogP contribution in [0.25, 0.3) is 0 Å². The standard InChI is InChI=1S/C14H22O2/c1-3-10(9-15)13-7-11-5-4-6-12(11)8-14(13)16-2/h10,15H,3-9H2,1-2H3/t10-/m1/s1. The summed E-state index contributed by atoms with van der Waals surface area (Å²) in [7, 11) is 1.76. The van der Waals surface area contributed by atoms with Crippen molar-refractivity contribution in [1.29, 1.82) is 0 Å². The van der Waals surface area contributed by atoms with Crippen LogP contribution < -0.4 is 0 Å². The third kappa shape index (κ3) is 2.03. The first-order valence-electron chi connectivity index (χ1n) is 6.36. The summed E-state index contributed by atoms with van der Waals surface area (Å²) in [6.45, 7) is 2.39. The molecular formula is C14H22O2. The molecule has 2 aliphatic rings. The van der Waals surface area contributed by atoms with Crippen LogP contribution in [0, 0.1) is 5.92 Å². The minimum Gasteiger partial charge on any atom is -0.501 e. The van der Waals surface area contributed by atoms with Crippen LogP contribution in [0.1, 0.15) is 45.4 Å². The summed E-state index contributed by atoms with van der Waals surface area (Å²) in [5.74, 6) is 1.42. The maximum absolute atomic E-state index is 9.43. The number of hydrogen-bond acceptors (Lipinski definition) is 2. The molecule has 16 heavy (non-hydrogen) atoms. The maximum atomic E-state index is 9.43. The van der Waals surface area contributed by atoms with Gasteiger partial charge in [0.1, 0.15) is 0 Å². The van der Waals surface area contributed by atoms with Gasteiger partial charge < -0.3 is 9.84 Å². The van der Waals surface area contributed by atoms with Crippen molar-refractivity contribution in [3.8, 4) is 0 Å². The molecule has 0 spiro atoms. The molecule has 0 fully saturated rings. The number of methoxy groups -OCH3 is 1. The van der Waals surface area contributed by atoms with Crippen molar-refractivity contribution in [2.24, 2.45) is 5.92 Å². The molecule has 2 rings (SSSR count). The van der Waals surface area contributed by atoms with Gasteiger partial charge in [0.25, 0.3) is 0 Å². The summed E-state index contributed by atoms with van der Waals surface area (Å²) in [6.07, 6.45) is 6.88. The van der Waals surface area contributed by atoms with Crippen molar-refractivity contribution in [2.75, 3.05) is 13.7 Å². The first-order chi connectivity index (χ1) is 7.80. The molecule has 0 bridgehead atoms. The van der Waals surface area contributed by atoms with Crippen LogP contribution in [0.5, 0.6) is 0 Å². The second kappa shape index (κ2) is 5.05. The number of aliphatic hydroxyl groups is 1. The Kier molecular flexibility index (Phi) is 3.70. The van der Waals surface area contributed by atoms with Gasteiger partial charge in [-0.05, 0) is 37.7 Å². The van der Waals surface area contributed by atoms with Crippen LogP contribution in [-0.4, -0.2) is 18.8 Å². The predicted octanol–water partition coefficient (Wildman–Crippen LogP) is 3.18. The Hall–Kier alpha value is -0.760. The average Bonchev–Trinajstić information content (AvgIpc) is 2.76. The van der Waals surface area contributed by atoms with E-state index in [0.29, 0.717) is 5.92 Å². The number of aliphatic hydroxyl groups excluding tert-OH is 1. The number of rotatable bonds is 4. The molecule has 0 aromatic heterocycles. The van der Waals surface area contributed by atoms with Crippen molar-refractivity contribution in [1.82, 2.24) is 0 Å². The molecule has 0 aromatic carbocycles. The lowest BCUT2D eigenvalue weighted by molar-refractivity contribution is 0.222. The molecule has 2 heteroatoms. The Labute approximate surface area is 98.0 Å². The lowest BCUT2D eigenvalue weighted by Crippen LogP contribution is -2.15. The summed E-state index contributed by atoms with van der Waals surface area (Å²) in [6, 6.07) is 0. The number of hydrogen-bond donors (Lipinski definition) is 1. The Bertz CT molecular complexity index is 322. The molecule has 2 aliphatic carbocycles. The first-order valence-corrected chi connectivity index (χ1v) is 6.36. The quantitative estimate of drug-likeness (QED) is 0.740. The molecule has 0 amide bonds. The third-order valence-corrected chi connectivity index (χ3v) is 4.05. The van der Waals surface area contributed by atoms with Crippen molar-refractivity contribution in [2.45, 2.75) is 45.4 Å². The first kappa shape index (κ1) is 11.7. The molecule has 0 unspecified atom stereocenters. The third-order valence-electron chi connectivity index (χ3n) is 4.05. The fourth-order valence-corrected chi connectivity index (χ4v) is 2.99. The van der Waals surface area contributed by atoms with E-state index in [0.717, 1.165) is 25.0 Å². The summed E-state index contributed by atoms with van der Waals surface area (Å²) in [4.78, 5) is 0. The zero-order chi connectivity index (χ0) is 11.5. The monoisotopic (exact) mass is 222 g/mol. The van der Waals surface area contributed by atoms with Crippen molar-refractivity contribution in [3.05, 3.63) is 22.5 Å². The number of allylic oxidation sites excluding steroid dienone is 2. The molecule has 0 aromatic rings.